The van der Waals surface area contributed by atoms with Crippen LogP contribution >= 0.6 is 0 Å². The van der Waals surface area contributed by atoms with Crippen molar-refractivity contribution >= 4 is 11.0 Å². The summed E-state index contributed by atoms with van der Waals surface area (Å²) >= 11 is 0. The second-order valence-corrected chi connectivity index (χ2v) is 4.44. The van der Waals surface area contributed by atoms with Crippen LogP contribution in [0.2, 0.25) is 0 Å². The van der Waals surface area contributed by atoms with Crippen LogP contribution < -0.4 is 4.84 Å². The van der Waals surface area contributed by atoms with Crippen LogP contribution in [0.25, 0.3) is 11.0 Å². The van der Waals surface area contributed by atoms with Crippen LogP contribution in [0.5, 0.6) is 0 Å². The fraction of sp³-hybridized carbons (Fsp3) is 0.286. The average molecular weight is 241 g/mol. The van der Waals surface area contributed by atoms with E-state index < -0.39 is 0 Å². The Morgan fingerprint density at radius 2 is 2.17 bits per heavy atom. The fourth-order valence-corrected chi connectivity index (χ4v) is 2.17. The summed E-state index contributed by atoms with van der Waals surface area (Å²) in [5.74, 6) is 0.672. The minimum absolute atomic E-state index is 0.672. The number of para-hydroxylation sites is 1. The number of allylic oxidation sites excluding steroid dienone is 2. The topological polar surface area (TPSA) is 39.9 Å². The van der Waals surface area contributed by atoms with Crippen molar-refractivity contribution in [3.8, 4) is 0 Å². The predicted octanol–water partition coefficient (Wildman–Crippen LogP) is 2.87. The van der Waals surface area contributed by atoms with E-state index in [1.54, 1.807) is 0 Å². The maximum Gasteiger partial charge on any atom is 0.153 e. The molecule has 0 spiro atoms. The molecule has 1 aliphatic carbocycles. The summed E-state index contributed by atoms with van der Waals surface area (Å²) in [6, 6.07) is 7.71. The van der Waals surface area contributed by atoms with Gasteiger partial charge in [0.15, 0.2) is 5.76 Å². The quantitative estimate of drug-likeness (QED) is 0.776. The van der Waals surface area contributed by atoms with Crippen LogP contribution in [0, 0.1) is 0 Å². The van der Waals surface area contributed by atoms with Gasteiger partial charge in [0.25, 0.3) is 0 Å². The molecule has 0 radical (unpaired) electrons. The zero-order valence-corrected chi connectivity index (χ0v) is 10.2. The second kappa shape index (κ2) is 4.64. The Hall–Kier alpha value is -2.10. The normalized spacial score (nSPS) is 15.4. The van der Waals surface area contributed by atoms with E-state index in [9.17, 15) is 0 Å². The fourth-order valence-electron chi connectivity index (χ4n) is 2.17. The van der Waals surface area contributed by atoms with Gasteiger partial charge in [-0.25, -0.2) is 0 Å². The number of nitrogens with zero attached hydrogens (tertiary/aromatic N) is 3. The summed E-state index contributed by atoms with van der Waals surface area (Å²) in [5, 5.41) is 8.03. The number of rotatable bonds is 3. The molecule has 0 saturated heterocycles. The Balaban J connectivity index is 1.84. The maximum atomic E-state index is 5.69. The average Bonchev–Trinajstić information content (AvgIpc) is 2.83. The number of hydrogen-bond acceptors (Lipinski definition) is 3. The Morgan fingerprint density at radius 1 is 1.28 bits per heavy atom. The van der Waals surface area contributed by atoms with Gasteiger partial charge < -0.3 is 4.84 Å². The van der Waals surface area contributed by atoms with Crippen molar-refractivity contribution in [3.63, 3.8) is 0 Å². The summed E-state index contributed by atoms with van der Waals surface area (Å²) in [7, 11) is 0. The second-order valence-electron chi connectivity index (χ2n) is 4.44. The molecule has 0 fully saturated rings. The van der Waals surface area contributed by atoms with E-state index in [-0.39, 0.29) is 0 Å². The molecule has 1 heterocycles. The molecule has 0 aliphatic heterocycles. The first-order valence-corrected chi connectivity index (χ1v) is 6.22. The van der Waals surface area contributed by atoms with Crippen LogP contribution in [0.3, 0.4) is 0 Å². The van der Waals surface area contributed by atoms with E-state index in [1.807, 2.05) is 24.3 Å². The molecular formula is C14H15N3O. The van der Waals surface area contributed by atoms with Crippen molar-refractivity contribution in [2.75, 3.05) is 0 Å². The van der Waals surface area contributed by atoms with Gasteiger partial charge in [-0.15, -0.1) is 5.10 Å². The number of fused-ring (bicyclic) bond motifs is 1. The third kappa shape index (κ3) is 2.01. The molecule has 92 valence electrons. The largest absolute Gasteiger partial charge is 0.356 e. The Morgan fingerprint density at radius 3 is 3.00 bits per heavy atom. The molecule has 0 bridgehead atoms. The van der Waals surface area contributed by atoms with Crippen LogP contribution in [0.4, 0.5) is 0 Å². The third-order valence-electron chi connectivity index (χ3n) is 3.17. The van der Waals surface area contributed by atoms with Gasteiger partial charge in [0, 0.05) is 0 Å². The monoisotopic (exact) mass is 241 g/mol. The zero-order chi connectivity index (χ0) is 12.4. The summed E-state index contributed by atoms with van der Waals surface area (Å²) in [6.07, 6.45) is 6.79. The van der Waals surface area contributed by atoms with Crippen molar-refractivity contribution in [1.82, 2.24) is 15.2 Å². The van der Waals surface area contributed by atoms with Gasteiger partial charge in [-0.3, -0.25) is 0 Å². The lowest BCUT2D eigenvalue weighted by molar-refractivity contribution is 0.157. The Labute approximate surface area is 106 Å². The van der Waals surface area contributed by atoms with Crippen molar-refractivity contribution < 1.29 is 4.84 Å². The first-order valence-electron chi connectivity index (χ1n) is 6.22. The lowest BCUT2D eigenvalue weighted by atomic mass is 9.99. The Bertz CT molecular complexity index is 612. The first kappa shape index (κ1) is 11.0. The molecule has 0 saturated carbocycles. The molecule has 1 aromatic carbocycles. The summed E-state index contributed by atoms with van der Waals surface area (Å²) in [5.41, 5.74) is 2.86. The molecule has 1 aromatic heterocycles. The van der Waals surface area contributed by atoms with Crippen LogP contribution in [0.1, 0.15) is 25.7 Å². The lowest BCUT2D eigenvalue weighted by Crippen LogP contribution is -2.14. The van der Waals surface area contributed by atoms with Crippen LogP contribution in [-0.4, -0.2) is 15.2 Å². The third-order valence-corrected chi connectivity index (χ3v) is 3.17. The SMILES string of the molecule is C=C(On1nnc2ccccc21)C1=CCCCC1. The molecule has 0 atom stereocenters. The van der Waals surface area contributed by atoms with E-state index in [2.05, 4.69) is 23.0 Å². The molecule has 0 N–H and O–H groups in total. The molecule has 18 heavy (non-hydrogen) atoms. The first-order chi connectivity index (χ1) is 8.84. The van der Waals surface area contributed by atoms with Crippen LogP contribution in [0.15, 0.2) is 48.3 Å². The lowest BCUT2D eigenvalue weighted by Gasteiger charge is -2.14. The van der Waals surface area contributed by atoms with E-state index in [0.29, 0.717) is 5.76 Å². The summed E-state index contributed by atoms with van der Waals surface area (Å²) < 4.78 is 0. The summed E-state index contributed by atoms with van der Waals surface area (Å²) in [6.45, 7) is 3.98. The number of aromatic nitrogens is 3. The highest BCUT2D eigenvalue weighted by molar-refractivity contribution is 5.73. The van der Waals surface area contributed by atoms with Gasteiger partial charge in [0.2, 0.25) is 0 Å². The predicted molar refractivity (Wildman–Crippen MR) is 69.8 cm³/mol. The smallest absolute Gasteiger partial charge is 0.153 e. The molecule has 2 aromatic rings. The molecular weight excluding hydrogens is 226 g/mol. The van der Waals surface area contributed by atoms with E-state index in [0.717, 1.165) is 23.9 Å². The van der Waals surface area contributed by atoms with Gasteiger partial charge in [0.1, 0.15) is 11.0 Å². The highest BCUT2D eigenvalue weighted by atomic mass is 16.7. The molecule has 3 rings (SSSR count). The van der Waals surface area contributed by atoms with Crippen molar-refractivity contribution in [3.05, 3.63) is 48.3 Å². The van der Waals surface area contributed by atoms with Gasteiger partial charge in [-0.1, -0.05) is 29.6 Å². The van der Waals surface area contributed by atoms with E-state index in [1.165, 1.54) is 23.3 Å². The van der Waals surface area contributed by atoms with Crippen LogP contribution in [-0.2, 0) is 0 Å². The van der Waals surface area contributed by atoms with E-state index in [4.69, 9.17) is 4.84 Å². The number of hydrogen-bond donors (Lipinski definition) is 0. The molecule has 4 heteroatoms. The van der Waals surface area contributed by atoms with Gasteiger partial charge >= 0.3 is 0 Å². The molecule has 0 unspecified atom stereocenters. The molecule has 1 aliphatic rings. The van der Waals surface area contributed by atoms with Gasteiger partial charge in [-0.05, 0) is 48.6 Å². The van der Waals surface area contributed by atoms with Crippen molar-refractivity contribution in [1.29, 1.82) is 0 Å². The highest BCUT2D eigenvalue weighted by Gasteiger charge is 2.11. The minimum Gasteiger partial charge on any atom is -0.356 e. The van der Waals surface area contributed by atoms with E-state index >= 15 is 0 Å². The molecule has 0 amide bonds. The standard InChI is InChI=1S/C14H15N3O/c1-11(12-7-3-2-4-8-12)18-17-14-10-6-5-9-13(14)15-16-17/h5-7,9-10H,1-4,8H2. The maximum absolute atomic E-state index is 5.69. The minimum atomic E-state index is 0.672. The van der Waals surface area contributed by atoms with Crippen molar-refractivity contribution in [2.24, 2.45) is 0 Å². The zero-order valence-electron chi connectivity index (χ0n) is 10.2. The number of benzene rings is 1. The highest BCUT2D eigenvalue weighted by Crippen LogP contribution is 2.22. The van der Waals surface area contributed by atoms with Gasteiger partial charge in [-0.2, -0.15) is 0 Å². The molecule has 4 nitrogen and oxygen atoms in total. The van der Waals surface area contributed by atoms with Crippen molar-refractivity contribution in [2.45, 2.75) is 25.7 Å². The summed E-state index contributed by atoms with van der Waals surface area (Å²) in [4.78, 5) is 7.13. The van der Waals surface area contributed by atoms with Gasteiger partial charge in [0.05, 0.1) is 0 Å². The Kier molecular flexibility index (Phi) is 2.84.